The summed E-state index contributed by atoms with van der Waals surface area (Å²) in [6.45, 7) is 4.35. The summed E-state index contributed by atoms with van der Waals surface area (Å²) in [6, 6.07) is 0.719. The molecule has 1 N–H and O–H groups in total. The molecule has 1 atom stereocenters. The number of hydrogen-bond acceptors (Lipinski definition) is 3. The van der Waals surface area contributed by atoms with Crippen molar-refractivity contribution in [3.8, 4) is 0 Å². The van der Waals surface area contributed by atoms with E-state index in [0.717, 1.165) is 32.1 Å². The summed E-state index contributed by atoms with van der Waals surface area (Å²) in [5.74, 6) is 0.715. The molecule has 1 heterocycles. The van der Waals surface area contributed by atoms with E-state index < -0.39 is 9.84 Å². The molecule has 3 nitrogen and oxygen atoms in total. The van der Waals surface area contributed by atoms with Crippen LogP contribution in [-0.2, 0) is 9.84 Å². The highest BCUT2D eigenvalue weighted by molar-refractivity contribution is 7.91. The van der Waals surface area contributed by atoms with Crippen molar-refractivity contribution in [2.24, 2.45) is 0 Å². The van der Waals surface area contributed by atoms with Crippen LogP contribution in [0.1, 0.15) is 46.0 Å². The molecular weight excluding hydrogens is 210 g/mol. The lowest BCUT2D eigenvalue weighted by Crippen LogP contribution is -2.38. The lowest BCUT2D eigenvalue weighted by Gasteiger charge is -2.21. The minimum Gasteiger partial charge on any atom is -0.310 e. The van der Waals surface area contributed by atoms with E-state index in [0.29, 0.717) is 17.5 Å². The molecule has 4 heteroatoms. The summed E-state index contributed by atoms with van der Waals surface area (Å²) in [6.07, 6.45) is 5.44. The molecular formula is C11H23NO2S. The Bertz CT molecular complexity index is 268. The monoisotopic (exact) mass is 233 g/mol. The van der Waals surface area contributed by atoms with Crippen LogP contribution in [0, 0.1) is 0 Å². The van der Waals surface area contributed by atoms with Gasteiger partial charge in [0, 0.05) is 12.1 Å². The first-order valence-corrected chi connectivity index (χ1v) is 7.86. The predicted molar refractivity (Wildman–Crippen MR) is 63.8 cm³/mol. The van der Waals surface area contributed by atoms with Gasteiger partial charge in [-0.05, 0) is 19.3 Å². The van der Waals surface area contributed by atoms with Gasteiger partial charge in [0.05, 0.1) is 11.5 Å². The average molecular weight is 233 g/mol. The van der Waals surface area contributed by atoms with Crippen LogP contribution < -0.4 is 5.32 Å². The van der Waals surface area contributed by atoms with E-state index in [4.69, 9.17) is 0 Å². The van der Waals surface area contributed by atoms with Crippen LogP contribution >= 0.6 is 0 Å². The van der Waals surface area contributed by atoms with E-state index in [1.54, 1.807) is 0 Å². The van der Waals surface area contributed by atoms with Gasteiger partial charge in [0.15, 0.2) is 9.84 Å². The summed E-state index contributed by atoms with van der Waals surface area (Å²) in [5.41, 5.74) is 0. The van der Waals surface area contributed by atoms with Gasteiger partial charge >= 0.3 is 0 Å². The Morgan fingerprint density at radius 1 is 1.27 bits per heavy atom. The largest absolute Gasteiger partial charge is 0.310 e. The zero-order chi connectivity index (χ0) is 11.3. The van der Waals surface area contributed by atoms with Crippen LogP contribution in [0.3, 0.4) is 0 Å². The van der Waals surface area contributed by atoms with E-state index >= 15 is 0 Å². The minimum atomic E-state index is -2.73. The smallest absolute Gasteiger partial charge is 0.151 e. The number of nitrogens with one attached hydrogen (secondary N) is 1. The summed E-state index contributed by atoms with van der Waals surface area (Å²) < 4.78 is 22.6. The highest BCUT2D eigenvalue weighted by Gasteiger charge is 2.28. The molecule has 0 aliphatic carbocycles. The Labute approximate surface area is 93.6 Å². The molecule has 90 valence electrons. The standard InChI is InChI=1S/C11H23NO2S/c1-3-5-10(6-4-2)12-11-7-8-15(13,14)9-11/h10-12H,3-9H2,1-2H3. The van der Waals surface area contributed by atoms with Crippen molar-refractivity contribution < 1.29 is 8.42 Å². The Hall–Kier alpha value is -0.0900. The molecule has 1 rings (SSSR count). The summed E-state index contributed by atoms with van der Waals surface area (Å²) in [5, 5.41) is 3.49. The summed E-state index contributed by atoms with van der Waals surface area (Å²) >= 11 is 0. The maximum Gasteiger partial charge on any atom is 0.151 e. The molecule has 1 fully saturated rings. The van der Waals surface area contributed by atoms with E-state index in [1.165, 1.54) is 0 Å². The minimum absolute atomic E-state index is 0.207. The highest BCUT2D eigenvalue weighted by Crippen LogP contribution is 2.14. The van der Waals surface area contributed by atoms with Crippen LogP contribution in [0.25, 0.3) is 0 Å². The number of sulfone groups is 1. The fraction of sp³-hybridized carbons (Fsp3) is 1.00. The van der Waals surface area contributed by atoms with Gasteiger partial charge in [-0.1, -0.05) is 26.7 Å². The van der Waals surface area contributed by atoms with Crippen molar-refractivity contribution in [2.75, 3.05) is 11.5 Å². The van der Waals surface area contributed by atoms with Crippen LogP contribution in [0.4, 0.5) is 0 Å². The Morgan fingerprint density at radius 2 is 1.87 bits per heavy atom. The third kappa shape index (κ3) is 4.51. The Kier molecular flexibility index (Phi) is 5.06. The molecule has 0 amide bonds. The van der Waals surface area contributed by atoms with E-state index in [1.807, 2.05) is 0 Å². The number of rotatable bonds is 6. The first-order chi connectivity index (χ1) is 7.07. The van der Waals surface area contributed by atoms with Crippen LogP contribution in [0.5, 0.6) is 0 Å². The van der Waals surface area contributed by atoms with Crippen LogP contribution in [0.15, 0.2) is 0 Å². The van der Waals surface area contributed by atoms with Gasteiger partial charge < -0.3 is 5.32 Å². The van der Waals surface area contributed by atoms with Gasteiger partial charge in [0.25, 0.3) is 0 Å². The molecule has 15 heavy (non-hydrogen) atoms. The van der Waals surface area contributed by atoms with Gasteiger partial charge in [-0.15, -0.1) is 0 Å². The van der Waals surface area contributed by atoms with Crippen molar-refractivity contribution in [2.45, 2.75) is 58.0 Å². The van der Waals surface area contributed by atoms with Gasteiger partial charge in [-0.3, -0.25) is 0 Å². The maximum atomic E-state index is 11.3. The van der Waals surface area contributed by atoms with Crippen molar-refractivity contribution in [1.82, 2.24) is 5.32 Å². The first kappa shape index (κ1) is 13.0. The van der Waals surface area contributed by atoms with E-state index in [9.17, 15) is 8.42 Å². The second-order valence-electron chi connectivity index (χ2n) is 4.54. The molecule has 0 aromatic rings. The molecule has 0 radical (unpaired) electrons. The molecule has 1 saturated heterocycles. The van der Waals surface area contributed by atoms with Crippen molar-refractivity contribution in [1.29, 1.82) is 0 Å². The van der Waals surface area contributed by atoms with Crippen molar-refractivity contribution >= 4 is 9.84 Å². The molecule has 0 bridgehead atoms. The summed E-state index contributed by atoms with van der Waals surface area (Å²) in [7, 11) is -2.73. The molecule has 0 spiro atoms. The quantitative estimate of drug-likeness (QED) is 0.760. The zero-order valence-electron chi connectivity index (χ0n) is 9.83. The van der Waals surface area contributed by atoms with E-state index in [2.05, 4.69) is 19.2 Å². The third-order valence-electron chi connectivity index (χ3n) is 2.98. The third-order valence-corrected chi connectivity index (χ3v) is 4.75. The molecule has 1 aliphatic rings. The Balaban J connectivity index is 2.38. The van der Waals surface area contributed by atoms with Gasteiger partial charge in [0.2, 0.25) is 0 Å². The molecule has 1 aliphatic heterocycles. The van der Waals surface area contributed by atoms with Gasteiger partial charge in [-0.25, -0.2) is 8.42 Å². The fourth-order valence-electron chi connectivity index (χ4n) is 2.27. The predicted octanol–water partition coefficient (Wildman–Crippen LogP) is 1.73. The topological polar surface area (TPSA) is 46.2 Å². The zero-order valence-corrected chi connectivity index (χ0v) is 10.6. The summed E-state index contributed by atoms with van der Waals surface area (Å²) in [4.78, 5) is 0. The number of hydrogen-bond donors (Lipinski definition) is 1. The highest BCUT2D eigenvalue weighted by atomic mass is 32.2. The van der Waals surface area contributed by atoms with E-state index in [-0.39, 0.29) is 6.04 Å². The fourth-order valence-corrected chi connectivity index (χ4v) is 3.95. The van der Waals surface area contributed by atoms with Gasteiger partial charge in [-0.2, -0.15) is 0 Å². The molecule has 0 aromatic heterocycles. The average Bonchev–Trinajstić information content (AvgIpc) is 2.46. The maximum absolute atomic E-state index is 11.3. The lowest BCUT2D eigenvalue weighted by molar-refractivity contribution is 0.399. The second kappa shape index (κ2) is 5.85. The second-order valence-corrected chi connectivity index (χ2v) is 6.77. The first-order valence-electron chi connectivity index (χ1n) is 6.04. The van der Waals surface area contributed by atoms with Crippen LogP contribution in [-0.4, -0.2) is 32.0 Å². The Morgan fingerprint density at radius 3 is 2.27 bits per heavy atom. The molecule has 1 unspecified atom stereocenters. The van der Waals surface area contributed by atoms with Crippen molar-refractivity contribution in [3.05, 3.63) is 0 Å². The van der Waals surface area contributed by atoms with Crippen LogP contribution in [0.2, 0.25) is 0 Å². The van der Waals surface area contributed by atoms with Crippen molar-refractivity contribution in [3.63, 3.8) is 0 Å². The normalized spacial score (nSPS) is 24.9. The molecule has 0 aromatic carbocycles. The van der Waals surface area contributed by atoms with Gasteiger partial charge in [0.1, 0.15) is 0 Å². The molecule has 0 saturated carbocycles. The SMILES string of the molecule is CCCC(CCC)NC1CCS(=O)(=O)C1. The lowest BCUT2D eigenvalue weighted by atomic mass is 10.1.